The number of benzene rings is 1. The average Bonchev–Trinajstić information content (AvgIpc) is 2.73. The summed E-state index contributed by atoms with van der Waals surface area (Å²) in [4.78, 5) is 37.7. The molecule has 0 aromatic heterocycles. The highest BCUT2D eigenvalue weighted by atomic mass is 35.5. The first-order chi connectivity index (χ1) is 10.9. The van der Waals surface area contributed by atoms with Crippen molar-refractivity contribution in [3.05, 3.63) is 23.2 Å². The van der Waals surface area contributed by atoms with Crippen LogP contribution in [0.3, 0.4) is 0 Å². The monoisotopic (exact) mass is 339 g/mol. The number of methoxy groups -OCH3 is 1. The van der Waals surface area contributed by atoms with E-state index in [4.69, 9.17) is 16.3 Å². The van der Waals surface area contributed by atoms with E-state index in [0.29, 0.717) is 22.9 Å². The first-order valence-corrected chi connectivity index (χ1v) is 7.49. The van der Waals surface area contributed by atoms with E-state index >= 15 is 0 Å². The fourth-order valence-corrected chi connectivity index (χ4v) is 2.51. The summed E-state index contributed by atoms with van der Waals surface area (Å²) in [6, 6.07) is 4.62. The van der Waals surface area contributed by atoms with Gasteiger partial charge in [-0.1, -0.05) is 11.6 Å². The maximum atomic E-state index is 11.9. The summed E-state index contributed by atoms with van der Waals surface area (Å²) >= 11 is 5.99. The van der Waals surface area contributed by atoms with Crippen LogP contribution in [0.1, 0.15) is 12.8 Å². The van der Waals surface area contributed by atoms with Crippen molar-refractivity contribution < 1.29 is 19.1 Å². The number of halogens is 1. The van der Waals surface area contributed by atoms with Crippen LogP contribution in [0, 0.1) is 0 Å². The second kappa shape index (κ2) is 7.32. The maximum absolute atomic E-state index is 11.9. The quantitative estimate of drug-likeness (QED) is 0.803. The van der Waals surface area contributed by atoms with Crippen LogP contribution in [0.25, 0.3) is 0 Å². The van der Waals surface area contributed by atoms with Crippen molar-refractivity contribution >= 4 is 35.1 Å². The first kappa shape index (κ1) is 17.1. The Bertz CT molecular complexity index is 635. The summed E-state index contributed by atoms with van der Waals surface area (Å²) in [6.45, 7) is 0.328. The van der Waals surface area contributed by atoms with Crippen molar-refractivity contribution in [3.63, 3.8) is 0 Å². The molecule has 0 atom stereocenters. The van der Waals surface area contributed by atoms with Gasteiger partial charge >= 0.3 is 6.03 Å². The Balaban J connectivity index is 1.80. The number of nitrogens with zero attached hydrogens (tertiary/aromatic N) is 2. The largest absolute Gasteiger partial charge is 0.495 e. The van der Waals surface area contributed by atoms with Gasteiger partial charge in [-0.2, -0.15) is 0 Å². The molecule has 1 N–H and O–H groups in total. The van der Waals surface area contributed by atoms with Gasteiger partial charge in [0.25, 0.3) is 0 Å². The zero-order chi connectivity index (χ0) is 17.0. The lowest BCUT2D eigenvalue weighted by atomic mass is 10.2. The number of anilines is 1. The summed E-state index contributed by atoms with van der Waals surface area (Å²) in [6.07, 6.45) is 0.603. The number of imide groups is 1. The van der Waals surface area contributed by atoms with Crippen LogP contribution in [-0.4, -0.2) is 54.9 Å². The Morgan fingerprint density at radius 2 is 2.13 bits per heavy atom. The Kier molecular flexibility index (Phi) is 5.44. The van der Waals surface area contributed by atoms with Crippen LogP contribution >= 0.6 is 11.6 Å². The highest BCUT2D eigenvalue weighted by Gasteiger charge is 2.32. The molecule has 124 valence electrons. The van der Waals surface area contributed by atoms with E-state index in [1.807, 2.05) is 0 Å². The molecule has 23 heavy (non-hydrogen) atoms. The predicted octanol–water partition coefficient (Wildman–Crippen LogP) is 1.96. The molecule has 0 unspecified atom stereocenters. The summed E-state index contributed by atoms with van der Waals surface area (Å²) in [5, 5.41) is 3.12. The van der Waals surface area contributed by atoms with Crippen LogP contribution in [-0.2, 0) is 9.59 Å². The topological polar surface area (TPSA) is 79.0 Å². The van der Waals surface area contributed by atoms with Crippen molar-refractivity contribution in [1.29, 1.82) is 0 Å². The van der Waals surface area contributed by atoms with Crippen molar-refractivity contribution in [3.8, 4) is 5.75 Å². The molecule has 0 bridgehead atoms. The smallest absolute Gasteiger partial charge is 0.326 e. The number of rotatable bonds is 6. The lowest BCUT2D eigenvalue weighted by Crippen LogP contribution is -2.32. The molecule has 1 fully saturated rings. The Hall–Kier alpha value is -2.28. The van der Waals surface area contributed by atoms with E-state index in [1.165, 1.54) is 12.0 Å². The normalized spacial score (nSPS) is 14.4. The Morgan fingerprint density at radius 3 is 2.70 bits per heavy atom. The van der Waals surface area contributed by atoms with Gasteiger partial charge in [-0.25, -0.2) is 4.79 Å². The molecular weight excluding hydrogens is 322 g/mol. The molecular formula is C15H18ClN3O4. The van der Waals surface area contributed by atoms with Gasteiger partial charge in [0.05, 0.1) is 12.1 Å². The second-order valence-electron chi connectivity index (χ2n) is 5.19. The van der Waals surface area contributed by atoms with Crippen molar-refractivity contribution in [2.24, 2.45) is 0 Å². The number of carbonyl (C=O) groups excluding carboxylic acids is 3. The summed E-state index contributed by atoms with van der Waals surface area (Å²) in [7, 11) is 3.08. The molecule has 8 heteroatoms. The number of urea groups is 1. The summed E-state index contributed by atoms with van der Waals surface area (Å²) in [5.41, 5.74) is 0.564. The van der Waals surface area contributed by atoms with Crippen LogP contribution in [0.2, 0.25) is 5.02 Å². The van der Waals surface area contributed by atoms with E-state index in [0.717, 1.165) is 4.90 Å². The highest BCUT2D eigenvalue weighted by molar-refractivity contribution is 6.32. The molecule has 1 heterocycles. The van der Waals surface area contributed by atoms with Gasteiger partial charge in [-0.05, 0) is 24.6 Å². The number of amides is 4. The fraction of sp³-hybridized carbons (Fsp3) is 0.400. The highest BCUT2D eigenvalue weighted by Crippen LogP contribution is 2.27. The van der Waals surface area contributed by atoms with Crippen LogP contribution in [0.4, 0.5) is 10.5 Å². The molecule has 0 saturated carbocycles. The zero-order valence-corrected chi connectivity index (χ0v) is 13.7. The minimum atomic E-state index is -0.322. The van der Waals surface area contributed by atoms with E-state index in [9.17, 15) is 14.4 Å². The minimum Gasteiger partial charge on any atom is -0.495 e. The first-order valence-electron chi connectivity index (χ1n) is 7.11. The van der Waals surface area contributed by atoms with Crippen LogP contribution < -0.4 is 10.1 Å². The molecule has 7 nitrogen and oxygen atoms in total. The van der Waals surface area contributed by atoms with Crippen molar-refractivity contribution in [1.82, 2.24) is 9.80 Å². The van der Waals surface area contributed by atoms with Gasteiger partial charge in [0.1, 0.15) is 12.3 Å². The molecule has 4 amide bonds. The Morgan fingerprint density at radius 1 is 1.39 bits per heavy atom. The molecule has 0 radical (unpaired) electrons. The number of nitrogens with one attached hydrogen (secondary N) is 1. The van der Waals surface area contributed by atoms with Gasteiger partial charge in [-0.3, -0.25) is 14.5 Å². The third-order valence-electron chi connectivity index (χ3n) is 3.45. The molecule has 1 aliphatic heterocycles. The fourth-order valence-electron chi connectivity index (χ4n) is 2.25. The van der Waals surface area contributed by atoms with Gasteiger partial charge < -0.3 is 15.0 Å². The molecule has 1 saturated heterocycles. The van der Waals surface area contributed by atoms with Gasteiger partial charge in [0.15, 0.2) is 0 Å². The number of likely N-dealkylation sites (N-methyl/N-ethyl adjacent to an activating group) is 1. The lowest BCUT2D eigenvalue weighted by molar-refractivity contribution is -0.125. The van der Waals surface area contributed by atoms with E-state index < -0.39 is 0 Å². The lowest BCUT2D eigenvalue weighted by Gasteiger charge is -2.13. The third-order valence-corrected chi connectivity index (χ3v) is 3.75. The van der Waals surface area contributed by atoms with Gasteiger partial charge in [0.2, 0.25) is 11.8 Å². The molecule has 2 rings (SSSR count). The predicted molar refractivity (Wildman–Crippen MR) is 85.6 cm³/mol. The van der Waals surface area contributed by atoms with E-state index in [1.54, 1.807) is 25.2 Å². The van der Waals surface area contributed by atoms with Crippen LogP contribution in [0.15, 0.2) is 18.2 Å². The molecule has 0 aliphatic carbocycles. The number of hydrogen-bond acceptors (Lipinski definition) is 4. The van der Waals surface area contributed by atoms with Crippen LogP contribution in [0.5, 0.6) is 5.75 Å². The number of carbonyl (C=O) groups is 3. The second-order valence-corrected chi connectivity index (χ2v) is 5.59. The van der Waals surface area contributed by atoms with E-state index in [2.05, 4.69) is 5.32 Å². The van der Waals surface area contributed by atoms with E-state index in [-0.39, 0.29) is 37.4 Å². The molecule has 1 aromatic carbocycles. The molecule has 1 aliphatic rings. The number of hydrogen-bond donors (Lipinski definition) is 1. The third kappa shape index (κ3) is 4.13. The SMILES string of the molecule is COc1ccc(NC(=O)CCCN2C(=O)CN(C)C2=O)cc1Cl. The van der Waals surface area contributed by atoms with Crippen molar-refractivity contribution in [2.75, 3.05) is 32.6 Å². The number of ether oxygens (including phenoxy) is 1. The maximum Gasteiger partial charge on any atom is 0.326 e. The minimum absolute atomic E-state index is 0.0926. The summed E-state index contributed by atoms with van der Waals surface area (Å²) < 4.78 is 5.04. The summed E-state index contributed by atoms with van der Waals surface area (Å²) in [5.74, 6) is 0.0818. The average molecular weight is 340 g/mol. The van der Waals surface area contributed by atoms with Gasteiger partial charge in [-0.15, -0.1) is 0 Å². The zero-order valence-electron chi connectivity index (χ0n) is 13.0. The Labute approximate surface area is 139 Å². The molecule has 1 aromatic rings. The molecule has 0 spiro atoms. The van der Waals surface area contributed by atoms with Crippen molar-refractivity contribution in [2.45, 2.75) is 12.8 Å². The standard InChI is InChI=1S/C15H18ClN3O4/c1-18-9-14(21)19(15(18)22)7-3-4-13(20)17-10-5-6-12(23-2)11(16)8-10/h5-6,8H,3-4,7,9H2,1-2H3,(H,17,20). The van der Waals surface area contributed by atoms with Gasteiger partial charge in [0, 0.05) is 25.7 Å².